The minimum Gasteiger partial charge on any atom is -0.482 e. The molecule has 3 rings (SSSR count). The van der Waals surface area contributed by atoms with Crippen molar-refractivity contribution in [1.82, 2.24) is 4.57 Å². The molecule has 30 heavy (non-hydrogen) atoms. The van der Waals surface area contributed by atoms with Crippen molar-refractivity contribution in [2.45, 2.75) is 26.9 Å². The molecule has 2 aromatic carbocycles. The number of ketones is 1. The first-order valence-electron chi connectivity index (χ1n) is 9.51. The van der Waals surface area contributed by atoms with Gasteiger partial charge in [0, 0.05) is 22.6 Å². The molecule has 0 fully saturated rings. The SMILES string of the molecule is Cc1cc(C(=O)[C@H](C)OC(=O)COc2ccc(C#N)cc2)c(C)n1-c1ccccc1. The van der Waals surface area contributed by atoms with Crippen molar-refractivity contribution in [2.24, 2.45) is 0 Å². The molecular weight excluding hydrogens is 380 g/mol. The number of hydrogen-bond donors (Lipinski definition) is 0. The summed E-state index contributed by atoms with van der Waals surface area (Å²) in [6, 6.07) is 19.9. The number of nitrogens with zero attached hydrogens (tertiary/aromatic N) is 2. The zero-order valence-electron chi connectivity index (χ0n) is 17.1. The van der Waals surface area contributed by atoms with Gasteiger partial charge in [0.15, 0.2) is 12.7 Å². The maximum Gasteiger partial charge on any atom is 0.344 e. The van der Waals surface area contributed by atoms with Crippen LogP contribution in [0.3, 0.4) is 0 Å². The molecule has 6 heteroatoms. The quantitative estimate of drug-likeness (QED) is 0.438. The maximum absolute atomic E-state index is 12.9. The van der Waals surface area contributed by atoms with E-state index in [0.29, 0.717) is 16.9 Å². The van der Waals surface area contributed by atoms with Crippen LogP contribution in [0.1, 0.15) is 34.2 Å². The van der Waals surface area contributed by atoms with Crippen LogP contribution in [0.25, 0.3) is 5.69 Å². The molecule has 0 amide bonds. The second-order valence-electron chi connectivity index (χ2n) is 6.88. The molecule has 0 aliphatic carbocycles. The monoisotopic (exact) mass is 402 g/mol. The number of rotatable bonds is 7. The largest absolute Gasteiger partial charge is 0.482 e. The molecule has 1 heterocycles. The van der Waals surface area contributed by atoms with Crippen LogP contribution in [-0.2, 0) is 9.53 Å². The summed E-state index contributed by atoms with van der Waals surface area (Å²) in [5, 5.41) is 8.80. The first-order chi connectivity index (χ1) is 14.4. The van der Waals surface area contributed by atoms with E-state index in [0.717, 1.165) is 17.1 Å². The Balaban J connectivity index is 1.64. The van der Waals surface area contributed by atoms with Gasteiger partial charge in [-0.3, -0.25) is 4.79 Å². The number of carbonyl (C=O) groups is 2. The Bertz CT molecular complexity index is 1090. The van der Waals surface area contributed by atoms with E-state index in [1.54, 1.807) is 31.2 Å². The average molecular weight is 402 g/mol. The molecule has 0 radical (unpaired) electrons. The minimum absolute atomic E-state index is 0.267. The summed E-state index contributed by atoms with van der Waals surface area (Å²) in [5.41, 5.74) is 3.69. The molecule has 0 unspecified atom stereocenters. The van der Waals surface area contributed by atoms with Gasteiger partial charge in [-0.25, -0.2) is 4.79 Å². The molecule has 1 atom stereocenters. The molecule has 152 valence electrons. The average Bonchev–Trinajstić information content (AvgIpc) is 3.06. The first-order valence-corrected chi connectivity index (χ1v) is 9.51. The number of Topliss-reactive ketones (excluding diaryl/α,β-unsaturated/α-hetero) is 1. The molecular formula is C24H22N2O4. The Morgan fingerprint density at radius 3 is 2.37 bits per heavy atom. The molecule has 0 spiro atoms. The Kier molecular flexibility index (Phi) is 6.33. The van der Waals surface area contributed by atoms with E-state index in [4.69, 9.17) is 14.7 Å². The van der Waals surface area contributed by atoms with Gasteiger partial charge in [-0.2, -0.15) is 5.26 Å². The van der Waals surface area contributed by atoms with Crippen LogP contribution in [-0.4, -0.2) is 29.0 Å². The highest BCUT2D eigenvalue weighted by Crippen LogP contribution is 2.22. The Labute approximate surface area is 175 Å². The van der Waals surface area contributed by atoms with Crippen molar-refractivity contribution >= 4 is 11.8 Å². The van der Waals surface area contributed by atoms with Crippen molar-refractivity contribution in [3.05, 3.63) is 83.2 Å². The predicted molar refractivity (Wildman–Crippen MR) is 112 cm³/mol. The van der Waals surface area contributed by atoms with E-state index in [2.05, 4.69) is 0 Å². The molecule has 3 aromatic rings. The van der Waals surface area contributed by atoms with Gasteiger partial charge in [-0.15, -0.1) is 0 Å². The Morgan fingerprint density at radius 1 is 1.07 bits per heavy atom. The lowest BCUT2D eigenvalue weighted by Crippen LogP contribution is -2.27. The standard InChI is InChI=1S/C24H22N2O4/c1-16-13-22(17(2)26(16)20-7-5-4-6-8-20)24(28)18(3)30-23(27)15-29-21-11-9-19(14-25)10-12-21/h4-13,18H,15H2,1-3H3/t18-/m0/s1. The Hall–Kier alpha value is -3.85. The summed E-state index contributed by atoms with van der Waals surface area (Å²) in [4.78, 5) is 25.0. The van der Waals surface area contributed by atoms with Crippen LogP contribution >= 0.6 is 0 Å². The third kappa shape index (κ3) is 4.58. The first kappa shape index (κ1) is 20.9. The molecule has 1 aromatic heterocycles. The van der Waals surface area contributed by atoms with E-state index in [1.807, 2.05) is 60.9 Å². The minimum atomic E-state index is -0.938. The fourth-order valence-electron chi connectivity index (χ4n) is 3.26. The summed E-state index contributed by atoms with van der Waals surface area (Å²) in [6.45, 7) is 5.03. The van der Waals surface area contributed by atoms with Crippen molar-refractivity contribution in [3.63, 3.8) is 0 Å². The molecule has 0 aliphatic rings. The Morgan fingerprint density at radius 2 is 1.73 bits per heavy atom. The lowest BCUT2D eigenvalue weighted by atomic mass is 10.1. The normalized spacial score (nSPS) is 11.4. The second-order valence-corrected chi connectivity index (χ2v) is 6.88. The zero-order valence-corrected chi connectivity index (χ0v) is 17.1. The number of para-hydroxylation sites is 1. The maximum atomic E-state index is 12.9. The number of carbonyl (C=O) groups excluding carboxylic acids is 2. The molecule has 0 aliphatic heterocycles. The lowest BCUT2D eigenvalue weighted by molar-refractivity contribution is -0.148. The van der Waals surface area contributed by atoms with E-state index in [-0.39, 0.29) is 12.4 Å². The van der Waals surface area contributed by atoms with Crippen LogP contribution in [0.4, 0.5) is 0 Å². The summed E-state index contributed by atoms with van der Waals surface area (Å²) in [5.74, 6) is -0.467. The highest BCUT2D eigenvalue weighted by Gasteiger charge is 2.24. The van der Waals surface area contributed by atoms with Gasteiger partial charge in [0.1, 0.15) is 5.75 Å². The van der Waals surface area contributed by atoms with Crippen LogP contribution in [0.2, 0.25) is 0 Å². The van der Waals surface area contributed by atoms with Gasteiger partial charge in [0.2, 0.25) is 5.78 Å². The topological polar surface area (TPSA) is 81.3 Å². The van der Waals surface area contributed by atoms with Gasteiger partial charge in [0.25, 0.3) is 0 Å². The van der Waals surface area contributed by atoms with Crippen molar-refractivity contribution in [3.8, 4) is 17.5 Å². The summed E-state index contributed by atoms with van der Waals surface area (Å²) < 4.78 is 12.6. The molecule has 0 bridgehead atoms. The smallest absolute Gasteiger partial charge is 0.344 e. The lowest BCUT2D eigenvalue weighted by Gasteiger charge is -2.14. The van der Waals surface area contributed by atoms with Crippen molar-refractivity contribution in [2.75, 3.05) is 6.61 Å². The van der Waals surface area contributed by atoms with Crippen LogP contribution in [0.5, 0.6) is 5.75 Å². The summed E-state index contributed by atoms with van der Waals surface area (Å²) >= 11 is 0. The number of hydrogen-bond acceptors (Lipinski definition) is 5. The third-order valence-electron chi connectivity index (χ3n) is 4.73. The highest BCUT2D eigenvalue weighted by atomic mass is 16.6. The van der Waals surface area contributed by atoms with Crippen molar-refractivity contribution in [1.29, 1.82) is 5.26 Å². The van der Waals surface area contributed by atoms with Crippen LogP contribution in [0, 0.1) is 25.2 Å². The van der Waals surface area contributed by atoms with Gasteiger partial charge in [-0.1, -0.05) is 18.2 Å². The van der Waals surface area contributed by atoms with Gasteiger partial charge in [-0.05, 0) is 63.2 Å². The van der Waals surface area contributed by atoms with Crippen LogP contribution in [0.15, 0.2) is 60.7 Å². The molecule has 0 saturated carbocycles. The van der Waals surface area contributed by atoms with E-state index in [9.17, 15) is 9.59 Å². The molecule has 0 N–H and O–H groups in total. The number of benzene rings is 2. The number of aromatic nitrogens is 1. The van der Waals surface area contributed by atoms with Gasteiger partial charge in [0.05, 0.1) is 11.6 Å². The molecule has 6 nitrogen and oxygen atoms in total. The number of nitriles is 1. The zero-order chi connectivity index (χ0) is 21.7. The van der Waals surface area contributed by atoms with E-state index >= 15 is 0 Å². The fourth-order valence-corrected chi connectivity index (χ4v) is 3.26. The third-order valence-corrected chi connectivity index (χ3v) is 4.73. The van der Waals surface area contributed by atoms with Crippen LogP contribution < -0.4 is 4.74 Å². The van der Waals surface area contributed by atoms with E-state index in [1.165, 1.54) is 0 Å². The van der Waals surface area contributed by atoms with Gasteiger partial charge < -0.3 is 14.0 Å². The highest BCUT2D eigenvalue weighted by molar-refractivity contribution is 6.01. The number of esters is 1. The fraction of sp³-hybridized carbons (Fsp3) is 0.208. The summed E-state index contributed by atoms with van der Waals surface area (Å²) in [7, 11) is 0. The van der Waals surface area contributed by atoms with E-state index < -0.39 is 12.1 Å². The number of aryl methyl sites for hydroxylation is 1. The predicted octanol–water partition coefficient (Wildman–Crippen LogP) is 4.16. The second kappa shape index (κ2) is 9.10. The number of ether oxygens (including phenoxy) is 2. The molecule has 0 saturated heterocycles. The van der Waals surface area contributed by atoms with Crippen molar-refractivity contribution < 1.29 is 19.1 Å². The van der Waals surface area contributed by atoms with Gasteiger partial charge >= 0.3 is 5.97 Å². The summed E-state index contributed by atoms with van der Waals surface area (Å²) in [6.07, 6.45) is -0.938.